The van der Waals surface area contributed by atoms with Crippen molar-refractivity contribution < 1.29 is 9.59 Å². The van der Waals surface area contributed by atoms with E-state index in [1.807, 2.05) is 61.5 Å². The molecule has 0 unspecified atom stereocenters. The minimum absolute atomic E-state index is 0.00189. The topological polar surface area (TPSA) is 49.4 Å². The summed E-state index contributed by atoms with van der Waals surface area (Å²) in [6, 6.07) is 17.0. The largest absolute Gasteiger partial charge is 0.347 e. The standard InChI is InChI=1S/C18H19BrN2O2/c1-2-21(16-6-4-3-5-7-16)18(23)13-20-17(22)12-14-8-10-15(19)11-9-14/h3-11H,2,12-13H2,1H3,(H,20,22). The minimum Gasteiger partial charge on any atom is -0.347 e. The molecule has 0 bridgehead atoms. The van der Waals surface area contributed by atoms with Gasteiger partial charge in [0.1, 0.15) is 0 Å². The van der Waals surface area contributed by atoms with Crippen LogP contribution in [-0.2, 0) is 16.0 Å². The first kappa shape index (κ1) is 17.2. The number of benzene rings is 2. The highest BCUT2D eigenvalue weighted by Crippen LogP contribution is 2.13. The van der Waals surface area contributed by atoms with Gasteiger partial charge in [-0.25, -0.2) is 0 Å². The van der Waals surface area contributed by atoms with Crippen LogP contribution in [0.4, 0.5) is 5.69 Å². The van der Waals surface area contributed by atoms with Crippen LogP contribution in [0.1, 0.15) is 12.5 Å². The van der Waals surface area contributed by atoms with Crippen molar-refractivity contribution in [1.29, 1.82) is 0 Å². The second kappa shape index (κ2) is 8.48. The Balaban J connectivity index is 1.87. The number of carbonyl (C=O) groups is 2. The van der Waals surface area contributed by atoms with Gasteiger partial charge >= 0.3 is 0 Å². The molecule has 120 valence electrons. The van der Waals surface area contributed by atoms with Crippen LogP contribution in [0.3, 0.4) is 0 Å². The van der Waals surface area contributed by atoms with Gasteiger partial charge in [-0.05, 0) is 36.8 Å². The van der Waals surface area contributed by atoms with E-state index in [0.717, 1.165) is 15.7 Å². The van der Waals surface area contributed by atoms with Crippen LogP contribution >= 0.6 is 15.9 Å². The predicted octanol–water partition coefficient (Wildman–Crippen LogP) is 3.16. The van der Waals surface area contributed by atoms with Gasteiger partial charge in [-0.15, -0.1) is 0 Å². The number of rotatable bonds is 6. The normalized spacial score (nSPS) is 10.2. The molecule has 0 aliphatic heterocycles. The highest BCUT2D eigenvalue weighted by atomic mass is 79.9. The number of hydrogen-bond acceptors (Lipinski definition) is 2. The Morgan fingerprint density at radius 3 is 2.30 bits per heavy atom. The summed E-state index contributed by atoms with van der Waals surface area (Å²) in [5.41, 5.74) is 1.75. The summed E-state index contributed by atoms with van der Waals surface area (Å²) in [5.74, 6) is -0.285. The Bertz CT molecular complexity index is 656. The molecular weight excluding hydrogens is 356 g/mol. The second-order valence-corrected chi connectivity index (χ2v) is 5.97. The summed E-state index contributed by atoms with van der Waals surface area (Å²) in [4.78, 5) is 25.9. The molecule has 2 rings (SSSR count). The van der Waals surface area contributed by atoms with Gasteiger partial charge in [-0.1, -0.05) is 46.3 Å². The first-order chi connectivity index (χ1) is 11.1. The van der Waals surface area contributed by atoms with Crippen molar-refractivity contribution in [3.05, 3.63) is 64.6 Å². The molecule has 0 aliphatic rings. The maximum absolute atomic E-state index is 12.3. The molecule has 2 amide bonds. The van der Waals surface area contributed by atoms with Crippen LogP contribution in [0, 0.1) is 0 Å². The number of carbonyl (C=O) groups excluding carboxylic acids is 2. The third-order valence-corrected chi connectivity index (χ3v) is 3.93. The van der Waals surface area contributed by atoms with E-state index in [0.29, 0.717) is 6.54 Å². The monoisotopic (exact) mass is 374 g/mol. The molecule has 0 aliphatic carbocycles. The average molecular weight is 375 g/mol. The SMILES string of the molecule is CCN(C(=O)CNC(=O)Cc1ccc(Br)cc1)c1ccccc1. The Kier molecular flexibility index (Phi) is 6.35. The molecule has 0 atom stereocenters. The van der Waals surface area contributed by atoms with Crippen molar-refractivity contribution in [2.24, 2.45) is 0 Å². The van der Waals surface area contributed by atoms with E-state index < -0.39 is 0 Å². The third kappa shape index (κ3) is 5.21. The van der Waals surface area contributed by atoms with Crippen LogP contribution in [0.15, 0.2) is 59.1 Å². The van der Waals surface area contributed by atoms with Gasteiger partial charge in [-0.2, -0.15) is 0 Å². The van der Waals surface area contributed by atoms with Crippen molar-refractivity contribution in [2.75, 3.05) is 18.0 Å². The Labute approximate surface area is 144 Å². The molecule has 0 radical (unpaired) electrons. The number of amides is 2. The minimum atomic E-state index is -0.162. The quantitative estimate of drug-likeness (QED) is 0.843. The van der Waals surface area contributed by atoms with E-state index in [-0.39, 0.29) is 24.8 Å². The van der Waals surface area contributed by atoms with Crippen LogP contribution in [-0.4, -0.2) is 24.9 Å². The molecule has 0 heterocycles. The molecule has 0 saturated heterocycles. The van der Waals surface area contributed by atoms with Gasteiger partial charge in [0.2, 0.25) is 11.8 Å². The Morgan fingerprint density at radius 2 is 1.70 bits per heavy atom. The first-order valence-corrected chi connectivity index (χ1v) is 8.26. The number of likely N-dealkylation sites (N-methyl/N-ethyl adjacent to an activating group) is 1. The summed E-state index contributed by atoms with van der Waals surface area (Å²) in [7, 11) is 0. The van der Waals surface area contributed by atoms with E-state index in [1.165, 1.54) is 0 Å². The van der Waals surface area contributed by atoms with Crippen LogP contribution in [0.25, 0.3) is 0 Å². The van der Waals surface area contributed by atoms with Gasteiger partial charge in [0.15, 0.2) is 0 Å². The average Bonchev–Trinajstić information content (AvgIpc) is 2.57. The molecule has 2 aromatic carbocycles. The molecule has 0 saturated carbocycles. The zero-order chi connectivity index (χ0) is 16.7. The maximum atomic E-state index is 12.3. The Hall–Kier alpha value is -2.14. The number of nitrogens with zero attached hydrogens (tertiary/aromatic N) is 1. The lowest BCUT2D eigenvalue weighted by molar-refractivity contribution is -0.124. The van der Waals surface area contributed by atoms with Crippen molar-refractivity contribution in [1.82, 2.24) is 5.32 Å². The number of nitrogens with one attached hydrogen (secondary N) is 1. The zero-order valence-corrected chi connectivity index (χ0v) is 14.5. The molecule has 2 aromatic rings. The highest BCUT2D eigenvalue weighted by molar-refractivity contribution is 9.10. The molecule has 23 heavy (non-hydrogen) atoms. The van der Waals surface area contributed by atoms with E-state index in [1.54, 1.807) is 4.90 Å². The van der Waals surface area contributed by atoms with Gasteiger partial charge in [0, 0.05) is 16.7 Å². The first-order valence-electron chi connectivity index (χ1n) is 7.46. The lowest BCUT2D eigenvalue weighted by Gasteiger charge is -2.21. The molecule has 4 nitrogen and oxygen atoms in total. The third-order valence-electron chi connectivity index (χ3n) is 3.40. The van der Waals surface area contributed by atoms with Crippen molar-refractivity contribution in [3.8, 4) is 0 Å². The van der Waals surface area contributed by atoms with Gasteiger partial charge < -0.3 is 10.2 Å². The summed E-state index contributed by atoms with van der Waals surface area (Å²) >= 11 is 3.36. The summed E-state index contributed by atoms with van der Waals surface area (Å²) < 4.78 is 0.971. The summed E-state index contributed by atoms with van der Waals surface area (Å²) in [6.45, 7) is 2.47. The summed E-state index contributed by atoms with van der Waals surface area (Å²) in [5, 5.41) is 2.69. The number of halogens is 1. The molecular formula is C18H19BrN2O2. The molecule has 0 spiro atoms. The predicted molar refractivity (Wildman–Crippen MR) is 95.3 cm³/mol. The summed E-state index contributed by atoms with van der Waals surface area (Å²) in [6.07, 6.45) is 0.262. The lowest BCUT2D eigenvalue weighted by atomic mass is 10.1. The van der Waals surface area contributed by atoms with E-state index in [2.05, 4.69) is 21.2 Å². The van der Waals surface area contributed by atoms with Crippen molar-refractivity contribution >= 4 is 33.4 Å². The number of anilines is 1. The second-order valence-electron chi connectivity index (χ2n) is 5.05. The lowest BCUT2D eigenvalue weighted by Crippen LogP contribution is -2.40. The number of para-hydroxylation sites is 1. The number of hydrogen-bond donors (Lipinski definition) is 1. The van der Waals surface area contributed by atoms with Crippen molar-refractivity contribution in [2.45, 2.75) is 13.3 Å². The molecule has 0 fully saturated rings. The zero-order valence-electron chi connectivity index (χ0n) is 13.0. The van der Waals surface area contributed by atoms with Gasteiger partial charge in [0.25, 0.3) is 0 Å². The fourth-order valence-electron chi connectivity index (χ4n) is 2.23. The molecule has 1 N–H and O–H groups in total. The van der Waals surface area contributed by atoms with E-state index >= 15 is 0 Å². The van der Waals surface area contributed by atoms with Crippen molar-refractivity contribution in [3.63, 3.8) is 0 Å². The fourth-order valence-corrected chi connectivity index (χ4v) is 2.49. The van der Waals surface area contributed by atoms with Crippen LogP contribution < -0.4 is 10.2 Å². The molecule has 0 aromatic heterocycles. The highest BCUT2D eigenvalue weighted by Gasteiger charge is 2.14. The van der Waals surface area contributed by atoms with E-state index in [9.17, 15) is 9.59 Å². The smallest absolute Gasteiger partial charge is 0.246 e. The maximum Gasteiger partial charge on any atom is 0.246 e. The fraction of sp³-hybridized carbons (Fsp3) is 0.222. The van der Waals surface area contributed by atoms with E-state index in [4.69, 9.17) is 0 Å². The van der Waals surface area contributed by atoms with Gasteiger partial charge in [0.05, 0.1) is 13.0 Å². The Morgan fingerprint density at radius 1 is 1.04 bits per heavy atom. The molecule has 5 heteroatoms. The van der Waals surface area contributed by atoms with Crippen LogP contribution in [0.2, 0.25) is 0 Å². The van der Waals surface area contributed by atoms with Gasteiger partial charge in [-0.3, -0.25) is 9.59 Å². The van der Waals surface area contributed by atoms with Crippen LogP contribution in [0.5, 0.6) is 0 Å².